The molecule has 2 rings (SSSR count). The maximum absolute atomic E-state index is 12.2. The zero-order chi connectivity index (χ0) is 18.4. The highest BCUT2D eigenvalue weighted by Gasteiger charge is 2.25. The lowest BCUT2D eigenvalue weighted by atomic mass is 9.86. The van der Waals surface area contributed by atoms with Gasteiger partial charge >= 0.3 is 0 Å². The zero-order valence-corrected chi connectivity index (χ0v) is 15.9. The number of carbonyl (C=O) groups excluding carboxylic acids is 1. The molecule has 1 aliphatic rings. The molecule has 1 aromatic rings. The van der Waals surface area contributed by atoms with E-state index in [1.165, 1.54) is 6.42 Å². The molecule has 0 aliphatic heterocycles. The van der Waals surface area contributed by atoms with Gasteiger partial charge in [-0.15, -0.1) is 0 Å². The predicted octanol–water partition coefficient (Wildman–Crippen LogP) is 2.91. The Morgan fingerprint density at radius 3 is 2.44 bits per heavy atom. The molecule has 1 aromatic carbocycles. The zero-order valence-electron chi connectivity index (χ0n) is 15.1. The topological polar surface area (TPSA) is 84.5 Å². The van der Waals surface area contributed by atoms with Crippen LogP contribution in [0.3, 0.4) is 0 Å². The van der Waals surface area contributed by atoms with E-state index >= 15 is 0 Å². The maximum atomic E-state index is 12.2. The molecule has 0 bridgehead atoms. The molecule has 7 heteroatoms. The summed E-state index contributed by atoms with van der Waals surface area (Å²) in [6.45, 7) is 5.93. The standard InChI is InChI=1S/C18H28N2O4S/c1-13(2)24-16-10-8-15(9-11-16)20-25(22,23)12-18(21)19-17-7-5-4-6-14(17)3/h8-11,13-14,17,20H,4-7,12H2,1-3H3,(H,19,21). The minimum atomic E-state index is -3.74. The van der Waals surface area contributed by atoms with E-state index in [4.69, 9.17) is 4.74 Å². The van der Waals surface area contributed by atoms with Crippen molar-refractivity contribution in [1.82, 2.24) is 5.32 Å². The molecule has 0 spiro atoms. The fourth-order valence-electron chi connectivity index (χ4n) is 3.04. The van der Waals surface area contributed by atoms with E-state index < -0.39 is 21.7 Å². The molecule has 6 nitrogen and oxygen atoms in total. The number of benzene rings is 1. The normalized spacial score (nSPS) is 21.0. The van der Waals surface area contributed by atoms with Crippen LogP contribution in [0.1, 0.15) is 46.5 Å². The molecular formula is C18H28N2O4S. The van der Waals surface area contributed by atoms with Gasteiger partial charge in [0.25, 0.3) is 0 Å². The molecule has 1 aliphatic carbocycles. The van der Waals surface area contributed by atoms with Crippen LogP contribution in [0.15, 0.2) is 24.3 Å². The van der Waals surface area contributed by atoms with Crippen molar-refractivity contribution in [3.63, 3.8) is 0 Å². The first kappa shape index (κ1) is 19.6. The number of amides is 1. The molecule has 0 radical (unpaired) electrons. The number of hydrogen-bond donors (Lipinski definition) is 2. The molecule has 1 saturated carbocycles. The Morgan fingerprint density at radius 1 is 1.20 bits per heavy atom. The van der Waals surface area contributed by atoms with Crippen molar-refractivity contribution >= 4 is 21.6 Å². The largest absolute Gasteiger partial charge is 0.491 e. The second kappa shape index (κ2) is 8.56. The highest BCUT2D eigenvalue weighted by atomic mass is 32.2. The Bertz CT molecular complexity index is 671. The highest BCUT2D eigenvalue weighted by Crippen LogP contribution is 2.23. The van der Waals surface area contributed by atoms with E-state index in [1.54, 1.807) is 24.3 Å². The Hall–Kier alpha value is -1.76. The lowest BCUT2D eigenvalue weighted by Crippen LogP contribution is -2.44. The summed E-state index contributed by atoms with van der Waals surface area (Å²) in [5.74, 6) is 0.0374. The van der Waals surface area contributed by atoms with Crippen LogP contribution in [-0.2, 0) is 14.8 Å². The van der Waals surface area contributed by atoms with Gasteiger partial charge in [0, 0.05) is 11.7 Å². The van der Waals surface area contributed by atoms with Crippen LogP contribution < -0.4 is 14.8 Å². The third kappa shape index (κ3) is 6.57. The Balaban J connectivity index is 1.89. The monoisotopic (exact) mass is 368 g/mol. The van der Waals surface area contributed by atoms with Gasteiger partial charge in [0.15, 0.2) is 0 Å². The van der Waals surface area contributed by atoms with Gasteiger partial charge in [-0.2, -0.15) is 0 Å². The quantitative estimate of drug-likeness (QED) is 0.775. The number of sulfonamides is 1. The molecule has 25 heavy (non-hydrogen) atoms. The smallest absolute Gasteiger partial charge is 0.241 e. The van der Waals surface area contributed by atoms with Gasteiger partial charge in [0.1, 0.15) is 11.5 Å². The van der Waals surface area contributed by atoms with Gasteiger partial charge in [-0.05, 0) is 56.9 Å². The summed E-state index contributed by atoms with van der Waals surface area (Å²) < 4.78 is 32.3. The van der Waals surface area contributed by atoms with Crippen LogP contribution >= 0.6 is 0 Å². The molecule has 0 aromatic heterocycles. The Kier molecular flexibility index (Phi) is 6.70. The second-order valence-electron chi connectivity index (χ2n) is 6.99. The summed E-state index contributed by atoms with van der Waals surface area (Å²) in [6, 6.07) is 6.71. The number of rotatable bonds is 7. The molecular weight excluding hydrogens is 340 g/mol. The van der Waals surface area contributed by atoms with E-state index in [0.717, 1.165) is 19.3 Å². The molecule has 1 amide bonds. The van der Waals surface area contributed by atoms with Crippen LogP contribution in [0.5, 0.6) is 5.75 Å². The average Bonchev–Trinajstić information content (AvgIpc) is 2.50. The van der Waals surface area contributed by atoms with Crippen molar-refractivity contribution in [2.45, 2.75) is 58.6 Å². The fraction of sp³-hybridized carbons (Fsp3) is 0.611. The third-order valence-corrected chi connectivity index (χ3v) is 5.47. The summed E-state index contributed by atoms with van der Waals surface area (Å²) in [6.07, 6.45) is 4.28. The number of ether oxygens (including phenoxy) is 1. The van der Waals surface area contributed by atoms with E-state index in [-0.39, 0.29) is 12.1 Å². The van der Waals surface area contributed by atoms with E-state index in [9.17, 15) is 13.2 Å². The lowest BCUT2D eigenvalue weighted by Gasteiger charge is -2.29. The lowest BCUT2D eigenvalue weighted by molar-refractivity contribution is -0.119. The Morgan fingerprint density at radius 2 is 1.84 bits per heavy atom. The third-order valence-electron chi connectivity index (χ3n) is 4.28. The number of anilines is 1. The fourth-order valence-corrected chi connectivity index (χ4v) is 4.04. The first-order valence-corrected chi connectivity index (χ1v) is 10.5. The van der Waals surface area contributed by atoms with Crippen molar-refractivity contribution < 1.29 is 17.9 Å². The van der Waals surface area contributed by atoms with E-state index in [0.29, 0.717) is 17.4 Å². The molecule has 2 unspecified atom stereocenters. The van der Waals surface area contributed by atoms with Crippen LogP contribution in [0.2, 0.25) is 0 Å². The second-order valence-corrected chi connectivity index (χ2v) is 8.71. The minimum absolute atomic E-state index is 0.0495. The molecule has 0 saturated heterocycles. The van der Waals surface area contributed by atoms with Crippen LogP contribution in [0.25, 0.3) is 0 Å². The van der Waals surface area contributed by atoms with Crippen molar-refractivity contribution in [1.29, 1.82) is 0 Å². The van der Waals surface area contributed by atoms with E-state index in [1.807, 2.05) is 13.8 Å². The Labute approximate surface area is 150 Å². The van der Waals surface area contributed by atoms with Crippen LogP contribution in [-0.4, -0.2) is 32.2 Å². The van der Waals surface area contributed by atoms with Crippen LogP contribution in [0.4, 0.5) is 5.69 Å². The molecule has 2 atom stereocenters. The van der Waals surface area contributed by atoms with Crippen molar-refractivity contribution in [2.75, 3.05) is 10.5 Å². The van der Waals surface area contributed by atoms with Gasteiger partial charge in [-0.1, -0.05) is 19.8 Å². The average molecular weight is 368 g/mol. The van der Waals surface area contributed by atoms with Crippen molar-refractivity contribution in [2.24, 2.45) is 5.92 Å². The van der Waals surface area contributed by atoms with Crippen LogP contribution in [0, 0.1) is 5.92 Å². The summed E-state index contributed by atoms with van der Waals surface area (Å²) in [5, 5.41) is 2.86. The molecule has 1 fully saturated rings. The van der Waals surface area contributed by atoms with Crippen molar-refractivity contribution in [3.8, 4) is 5.75 Å². The molecule has 140 valence electrons. The summed E-state index contributed by atoms with van der Waals surface area (Å²) in [5.41, 5.74) is 0.412. The van der Waals surface area contributed by atoms with Gasteiger partial charge in [-0.25, -0.2) is 8.42 Å². The SMILES string of the molecule is CC(C)Oc1ccc(NS(=O)(=O)CC(=O)NC2CCCCC2C)cc1. The summed E-state index contributed by atoms with van der Waals surface area (Å²) in [7, 11) is -3.74. The molecule has 2 N–H and O–H groups in total. The first-order chi connectivity index (χ1) is 11.7. The minimum Gasteiger partial charge on any atom is -0.491 e. The van der Waals surface area contributed by atoms with Gasteiger partial charge in [-0.3, -0.25) is 9.52 Å². The predicted molar refractivity (Wildman–Crippen MR) is 99.2 cm³/mol. The molecule has 0 heterocycles. The summed E-state index contributed by atoms with van der Waals surface area (Å²) >= 11 is 0. The highest BCUT2D eigenvalue weighted by molar-refractivity contribution is 7.93. The van der Waals surface area contributed by atoms with Gasteiger partial charge in [0.2, 0.25) is 15.9 Å². The number of nitrogens with one attached hydrogen (secondary N) is 2. The van der Waals surface area contributed by atoms with Gasteiger partial charge < -0.3 is 10.1 Å². The maximum Gasteiger partial charge on any atom is 0.241 e. The number of hydrogen-bond acceptors (Lipinski definition) is 4. The first-order valence-electron chi connectivity index (χ1n) is 8.82. The van der Waals surface area contributed by atoms with Crippen molar-refractivity contribution in [3.05, 3.63) is 24.3 Å². The van der Waals surface area contributed by atoms with Gasteiger partial charge in [0.05, 0.1) is 6.10 Å². The summed E-state index contributed by atoms with van der Waals surface area (Å²) in [4.78, 5) is 12.1. The number of carbonyl (C=O) groups is 1. The van der Waals surface area contributed by atoms with E-state index in [2.05, 4.69) is 17.0 Å².